The Hall–Kier alpha value is -2.54. The van der Waals surface area contributed by atoms with E-state index >= 15 is 0 Å². The Bertz CT molecular complexity index is 1100. The van der Waals surface area contributed by atoms with Gasteiger partial charge in [-0.05, 0) is 42.3 Å². The molecule has 1 aliphatic heterocycles. The molecule has 27 heavy (non-hydrogen) atoms. The first-order valence-corrected chi connectivity index (χ1v) is 8.54. The normalized spacial score (nSPS) is 14.4. The maximum atomic E-state index is 14.3. The number of carbonyl (C=O) groups excluding carboxylic acids is 1. The van der Waals surface area contributed by atoms with Crippen LogP contribution in [0.1, 0.15) is 21.6 Å². The van der Waals surface area contributed by atoms with E-state index in [9.17, 15) is 22.4 Å². The molecule has 2 heterocycles. The second kappa shape index (κ2) is 5.99. The molecule has 4 rings (SSSR count). The van der Waals surface area contributed by atoms with Crippen LogP contribution in [0.5, 0.6) is 0 Å². The first-order valence-electron chi connectivity index (χ1n) is 8.16. The van der Waals surface area contributed by atoms with Gasteiger partial charge in [0.05, 0.1) is 16.1 Å². The van der Waals surface area contributed by atoms with Crippen LogP contribution < -0.4 is 5.32 Å². The summed E-state index contributed by atoms with van der Waals surface area (Å²) in [4.78, 5) is 12.2. The van der Waals surface area contributed by atoms with Crippen molar-refractivity contribution >= 4 is 28.4 Å². The van der Waals surface area contributed by atoms with Gasteiger partial charge in [0.15, 0.2) is 0 Å². The number of aromatic nitrogens is 1. The van der Waals surface area contributed by atoms with Crippen molar-refractivity contribution in [3.05, 3.63) is 58.0 Å². The molecule has 0 unspecified atom stereocenters. The number of fused-ring (bicyclic) bond motifs is 3. The molecule has 0 spiro atoms. The molecule has 0 aliphatic carbocycles. The lowest BCUT2D eigenvalue weighted by Crippen LogP contribution is -2.35. The molecule has 1 aromatic heterocycles. The maximum Gasteiger partial charge on any atom is 0.417 e. The number of nitrogens with zero attached hydrogens (tertiary/aromatic N) is 1. The largest absolute Gasteiger partial charge is 0.417 e. The van der Waals surface area contributed by atoms with Crippen molar-refractivity contribution in [1.29, 1.82) is 0 Å². The van der Waals surface area contributed by atoms with Gasteiger partial charge >= 0.3 is 6.18 Å². The number of nitrogens with one attached hydrogen (secondary N) is 1. The second-order valence-corrected chi connectivity index (χ2v) is 6.83. The average molecular weight is 397 g/mol. The molecule has 3 nitrogen and oxygen atoms in total. The maximum absolute atomic E-state index is 14.3. The van der Waals surface area contributed by atoms with Crippen LogP contribution in [0.25, 0.3) is 22.0 Å². The van der Waals surface area contributed by atoms with Gasteiger partial charge in [0.2, 0.25) is 0 Å². The van der Waals surface area contributed by atoms with Crippen molar-refractivity contribution < 1.29 is 22.4 Å². The zero-order valence-corrected chi connectivity index (χ0v) is 14.8. The van der Waals surface area contributed by atoms with Crippen molar-refractivity contribution in [3.8, 4) is 11.1 Å². The summed E-state index contributed by atoms with van der Waals surface area (Å²) in [5.74, 6) is -0.874. The number of aryl methyl sites for hydroxylation is 1. The minimum Gasteiger partial charge on any atom is -0.349 e. The number of rotatable bonds is 1. The predicted molar refractivity (Wildman–Crippen MR) is 94.4 cm³/mol. The Labute approximate surface area is 156 Å². The zero-order valence-electron chi connectivity index (χ0n) is 14.0. The molecule has 1 aliphatic rings. The van der Waals surface area contributed by atoms with E-state index in [2.05, 4.69) is 5.32 Å². The van der Waals surface area contributed by atoms with E-state index in [1.807, 2.05) is 0 Å². The molecular formula is C19H13ClF4N2O. The monoisotopic (exact) mass is 396 g/mol. The van der Waals surface area contributed by atoms with Crippen LogP contribution in [0.15, 0.2) is 30.3 Å². The summed E-state index contributed by atoms with van der Waals surface area (Å²) in [6.45, 7) is 2.54. The molecule has 0 radical (unpaired) electrons. The fourth-order valence-electron chi connectivity index (χ4n) is 3.63. The highest BCUT2D eigenvalue weighted by Gasteiger charge is 2.34. The first kappa shape index (κ1) is 17.9. The summed E-state index contributed by atoms with van der Waals surface area (Å²) in [6, 6.07) is 5.97. The van der Waals surface area contributed by atoms with Gasteiger partial charge in [0.25, 0.3) is 5.91 Å². The highest BCUT2D eigenvalue weighted by Crippen LogP contribution is 2.40. The number of benzene rings is 2. The van der Waals surface area contributed by atoms with E-state index < -0.39 is 22.6 Å². The number of halogens is 5. The molecule has 1 N–H and O–H groups in total. The van der Waals surface area contributed by atoms with Crippen molar-refractivity contribution in [3.63, 3.8) is 0 Å². The number of hydrogen-bond acceptors (Lipinski definition) is 1. The highest BCUT2D eigenvalue weighted by atomic mass is 35.5. The number of hydrogen-bond donors (Lipinski definition) is 1. The second-order valence-electron chi connectivity index (χ2n) is 6.42. The van der Waals surface area contributed by atoms with E-state index in [0.29, 0.717) is 35.2 Å². The minimum atomic E-state index is -4.63. The van der Waals surface area contributed by atoms with E-state index in [1.54, 1.807) is 11.5 Å². The Morgan fingerprint density at radius 1 is 1.19 bits per heavy atom. The van der Waals surface area contributed by atoms with Gasteiger partial charge in [-0.1, -0.05) is 17.7 Å². The molecule has 0 atom stereocenters. The van der Waals surface area contributed by atoms with Gasteiger partial charge < -0.3 is 9.88 Å². The summed E-state index contributed by atoms with van der Waals surface area (Å²) < 4.78 is 55.8. The predicted octanol–water partition coefficient (Wildman–Crippen LogP) is 5.17. The van der Waals surface area contributed by atoms with Crippen molar-refractivity contribution in [2.45, 2.75) is 19.6 Å². The first-order chi connectivity index (χ1) is 12.7. The summed E-state index contributed by atoms with van der Waals surface area (Å²) >= 11 is 5.70. The third-order valence-corrected chi connectivity index (χ3v) is 5.12. The van der Waals surface area contributed by atoms with Gasteiger partial charge in [-0.15, -0.1) is 0 Å². The molecule has 3 aromatic rings. The van der Waals surface area contributed by atoms with E-state index in [4.69, 9.17) is 11.6 Å². The third-order valence-electron chi connectivity index (χ3n) is 4.79. The summed E-state index contributed by atoms with van der Waals surface area (Å²) in [7, 11) is 0. The van der Waals surface area contributed by atoms with Gasteiger partial charge in [-0.3, -0.25) is 4.79 Å². The van der Waals surface area contributed by atoms with Crippen LogP contribution >= 0.6 is 11.6 Å². The van der Waals surface area contributed by atoms with Gasteiger partial charge in [-0.2, -0.15) is 13.2 Å². The standard InChI is InChI=1S/C19H13ClF4N2O/c1-9-12-7-11(21)8-13(17(12)26-5-4-25-18(27)16(9)26)10-2-3-15(20)14(6-10)19(22,23)24/h2-3,6-8H,4-5H2,1H3,(H,25,27). The Balaban J connectivity index is 2.07. The van der Waals surface area contributed by atoms with Crippen molar-refractivity contribution in [1.82, 2.24) is 9.88 Å². The molecular weight excluding hydrogens is 384 g/mol. The van der Waals surface area contributed by atoms with Crippen molar-refractivity contribution in [2.24, 2.45) is 0 Å². The topological polar surface area (TPSA) is 34.0 Å². The van der Waals surface area contributed by atoms with E-state index in [1.165, 1.54) is 18.2 Å². The van der Waals surface area contributed by atoms with Crippen LogP contribution in [0.2, 0.25) is 5.02 Å². The third kappa shape index (κ3) is 2.77. The number of amides is 1. The fourth-order valence-corrected chi connectivity index (χ4v) is 3.85. The van der Waals surface area contributed by atoms with Crippen LogP contribution in [-0.4, -0.2) is 17.0 Å². The van der Waals surface area contributed by atoms with Crippen molar-refractivity contribution in [2.75, 3.05) is 6.54 Å². The Kier molecular flexibility index (Phi) is 3.96. The molecule has 2 aromatic carbocycles. The van der Waals surface area contributed by atoms with Crippen LogP contribution in [0, 0.1) is 12.7 Å². The Morgan fingerprint density at radius 3 is 2.63 bits per heavy atom. The molecule has 0 bridgehead atoms. The quantitative estimate of drug-likeness (QED) is 0.566. The number of carbonyl (C=O) groups is 1. The van der Waals surface area contributed by atoms with E-state index in [0.717, 1.165) is 12.1 Å². The lowest BCUT2D eigenvalue weighted by molar-refractivity contribution is -0.137. The molecule has 1 amide bonds. The lowest BCUT2D eigenvalue weighted by atomic mass is 9.99. The highest BCUT2D eigenvalue weighted by molar-refractivity contribution is 6.31. The SMILES string of the molecule is Cc1c2n(c3c(-c4ccc(Cl)c(C(F)(F)F)c4)cc(F)cc13)CCNC2=O. The molecule has 0 saturated carbocycles. The minimum absolute atomic E-state index is 0.183. The summed E-state index contributed by atoms with van der Waals surface area (Å²) in [6.07, 6.45) is -4.63. The Morgan fingerprint density at radius 2 is 1.93 bits per heavy atom. The zero-order chi connectivity index (χ0) is 19.5. The van der Waals surface area contributed by atoms with Gasteiger partial charge in [-0.25, -0.2) is 4.39 Å². The van der Waals surface area contributed by atoms with Crippen LogP contribution in [0.4, 0.5) is 17.6 Å². The summed E-state index contributed by atoms with van der Waals surface area (Å²) in [5.41, 5.74) is 1.01. The van der Waals surface area contributed by atoms with Gasteiger partial charge in [0, 0.05) is 24.0 Å². The molecule has 140 valence electrons. The molecule has 8 heteroatoms. The van der Waals surface area contributed by atoms with E-state index in [-0.39, 0.29) is 17.0 Å². The average Bonchev–Trinajstić information content (AvgIpc) is 2.87. The fraction of sp³-hybridized carbons (Fsp3) is 0.211. The molecule has 0 saturated heterocycles. The number of alkyl halides is 3. The smallest absolute Gasteiger partial charge is 0.349 e. The van der Waals surface area contributed by atoms with Crippen LogP contribution in [-0.2, 0) is 12.7 Å². The molecule has 0 fully saturated rings. The van der Waals surface area contributed by atoms with Gasteiger partial charge in [0.1, 0.15) is 11.5 Å². The van der Waals surface area contributed by atoms with Crippen LogP contribution in [0.3, 0.4) is 0 Å². The lowest BCUT2D eigenvalue weighted by Gasteiger charge is -2.19. The summed E-state index contributed by atoms with van der Waals surface area (Å²) in [5, 5.41) is 2.81.